The molecule has 2 rings (SSSR count). The number of nitrogens with two attached hydrogens (primary N) is 1. The second-order valence-electron chi connectivity index (χ2n) is 4.81. The van der Waals surface area contributed by atoms with Gasteiger partial charge in [-0.25, -0.2) is 0 Å². The molecule has 4 nitrogen and oxygen atoms in total. The molecule has 0 unspecified atom stereocenters. The minimum atomic E-state index is -0.144. The van der Waals surface area contributed by atoms with E-state index in [4.69, 9.17) is 5.73 Å². The van der Waals surface area contributed by atoms with Crippen molar-refractivity contribution in [3.8, 4) is 0 Å². The number of hydrogen-bond acceptors (Lipinski definition) is 3. The Balaban J connectivity index is 2.25. The second-order valence-corrected chi connectivity index (χ2v) is 4.81. The molecule has 4 N–H and O–H groups in total. The van der Waals surface area contributed by atoms with Gasteiger partial charge in [0.25, 0.3) is 5.91 Å². The lowest BCUT2D eigenvalue weighted by Gasteiger charge is -2.12. The van der Waals surface area contributed by atoms with Crippen LogP contribution in [0, 0.1) is 13.8 Å². The van der Waals surface area contributed by atoms with Gasteiger partial charge in [0.1, 0.15) is 0 Å². The van der Waals surface area contributed by atoms with Crippen LogP contribution in [0.4, 0.5) is 17.1 Å². The average Bonchev–Trinajstić information content (AvgIpc) is 2.44. The van der Waals surface area contributed by atoms with E-state index >= 15 is 0 Å². The largest absolute Gasteiger partial charge is 0.397 e. The van der Waals surface area contributed by atoms with Crippen molar-refractivity contribution >= 4 is 23.0 Å². The molecule has 0 saturated carbocycles. The zero-order chi connectivity index (χ0) is 14.7. The van der Waals surface area contributed by atoms with Gasteiger partial charge in [0.05, 0.1) is 11.4 Å². The number of carbonyl (C=O) groups is 1. The molecule has 0 aliphatic rings. The summed E-state index contributed by atoms with van der Waals surface area (Å²) in [6, 6.07) is 11.4. The predicted molar refractivity (Wildman–Crippen MR) is 83.4 cm³/mol. The Morgan fingerprint density at radius 3 is 2.40 bits per heavy atom. The highest BCUT2D eigenvalue weighted by molar-refractivity contribution is 5.96. The summed E-state index contributed by atoms with van der Waals surface area (Å²) in [6.45, 7) is 4.14. The lowest BCUT2D eigenvalue weighted by atomic mass is 10.1. The third-order valence-corrected chi connectivity index (χ3v) is 3.33. The van der Waals surface area contributed by atoms with Gasteiger partial charge in [-0.05, 0) is 55.3 Å². The number of amides is 1. The van der Waals surface area contributed by atoms with Crippen LogP contribution in [-0.4, -0.2) is 13.0 Å². The molecule has 2 aromatic carbocycles. The fourth-order valence-electron chi connectivity index (χ4n) is 1.94. The van der Waals surface area contributed by atoms with Gasteiger partial charge in [-0.3, -0.25) is 4.79 Å². The lowest BCUT2D eigenvalue weighted by molar-refractivity contribution is 0.0963. The van der Waals surface area contributed by atoms with Crippen molar-refractivity contribution < 1.29 is 4.79 Å². The Morgan fingerprint density at radius 1 is 1.05 bits per heavy atom. The Kier molecular flexibility index (Phi) is 3.94. The summed E-state index contributed by atoms with van der Waals surface area (Å²) in [4.78, 5) is 11.5. The van der Waals surface area contributed by atoms with Crippen molar-refractivity contribution in [2.45, 2.75) is 13.8 Å². The zero-order valence-electron chi connectivity index (χ0n) is 11.9. The van der Waals surface area contributed by atoms with Gasteiger partial charge in [-0.15, -0.1) is 0 Å². The van der Waals surface area contributed by atoms with Crippen molar-refractivity contribution in [3.63, 3.8) is 0 Å². The fraction of sp³-hybridized carbons (Fsp3) is 0.188. The molecule has 20 heavy (non-hydrogen) atoms. The first-order valence-corrected chi connectivity index (χ1v) is 6.47. The molecule has 0 heterocycles. The first-order valence-electron chi connectivity index (χ1n) is 6.47. The van der Waals surface area contributed by atoms with E-state index in [-0.39, 0.29) is 5.91 Å². The molecule has 0 spiro atoms. The number of benzene rings is 2. The van der Waals surface area contributed by atoms with E-state index < -0.39 is 0 Å². The summed E-state index contributed by atoms with van der Waals surface area (Å²) in [5, 5.41) is 5.84. The molecular weight excluding hydrogens is 250 g/mol. The Hall–Kier alpha value is -2.49. The van der Waals surface area contributed by atoms with Gasteiger partial charge in [0.15, 0.2) is 0 Å². The number of nitrogens with one attached hydrogen (secondary N) is 2. The van der Waals surface area contributed by atoms with Crippen LogP contribution in [0.5, 0.6) is 0 Å². The third kappa shape index (κ3) is 2.91. The van der Waals surface area contributed by atoms with E-state index in [1.165, 1.54) is 11.1 Å². The van der Waals surface area contributed by atoms with Gasteiger partial charge < -0.3 is 16.4 Å². The number of rotatable bonds is 3. The van der Waals surface area contributed by atoms with E-state index in [0.29, 0.717) is 11.3 Å². The number of nitrogen functional groups attached to an aromatic ring is 1. The van der Waals surface area contributed by atoms with Gasteiger partial charge in [-0.2, -0.15) is 0 Å². The maximum absolute atomic E-state index is 11.5. The highest BCUT2D eigenvalue weighted by atomic mass is 16.1. The molecule has 0 atom stereocenters. The van der Waals surface area contributed by atoms with Crippen LogP contribution in [-0.2, 0) is 0 Å². The average molecular weight is 269 g/mol. The van der Waals surface area contributed by atoms with Crippen LogP contribution in [0.15, 0.2) is 36.4 Å². The van der Waals surface area contributed by atoms with Crippen LogP contribution in [0.1, 0.15) is 21.5 Å². The molecule has 2 aromatic rings. The molecule has 0 aliphatic heterocycles. The zero-order valence-corrected chi connectivity index (χ0v) is 11.9. The summed E-state index contributed by atoms with van der Waals surface area (Å²) >= 11 is 0. The van der Waals surface area contributed by atoms with Crippen LogP contribution in [0.25, 0.3) is 0 Å². The van der Waals surface area contributed by atoms with Crippen LogP contribution >= 0.6 is 0 Å². The van der Waals surface area contributed by atoms with Crippen LogP contribution in [0.3, 0.4) is 0 Å². The number of aryl methyl sites for hydroxylation is 2. The molecule has 0 saturated heterocycles. The maximum atomic E-state index is 11.5. The fourth-order valence-corrected chi connectivity index (χ4v) is 1.94. The quantitative estimate of drug-likeness (QED) is 0.750. The first-order chi connectivity index (χ1) is 9.51. The monoisotopic (exact) mass is 269 g/mol. The standard InChI is InChI=1S/C16H19N3O/c1-10-4-6-13(8-11(10)2)19-15-7-5-12(9-14(15)17)16(20)18-3/h4-9,19H,17H2,1-3H3,(H,18,20). The van der Waals surface area contributed by atoms with E-state index in [2.05, 4.69) is 36.6 Å². The summed E-state index contributed by atoms with van der Waals surface area (Å²) in [7, 11) is 1.60. The molecule has 4 heteroatoms. The number of hydrogen-bond donors (Lipinski definition) is 3. The van der Waals surface area contributed by atoms with Crippen molar-refractivity contribution in [2.24, 2.45) is 0 Å². The van der Waals surface area contributed by atoms with Gasteiger partial charge in [-0.1, -0.05) is 6.07 Å². The first kappa shape index (κ1) is 13.9. The minimum Gasteiger partial charge on any atom is -0.397 e. The molecule has 0 bridgehead atoms. The topological polar surface area (TPSA) is 67.2 Å². The van der Waals surface area contributed by atoms with E-state index in [0.717, 1.165) is 11.4 Å². The summed E-state index contributed by atoms with van der Waals surface area (Å²) < 4.78 is 0. The second kappa shape index (κ2) is 5.65. The molecule has 0 aliphatic carbocycles. The summed E-state index contributed by atoms with van der Waals surface area (Å²) in [5.74, 6) is -0.144. The third-order valence-electron chi connectivity index (χ3n) is 3.33. The van der Waals surface area contributed by atoms with Crippen LogP contribution in [0.2, 0.25) is 0 Å². The van der Waals surface area contributed by atoms with Crippen molar-refractivity contribution in [3.05, 3.63) is 53.1 Å². The molecule has 104 valence electrons. The summed E-state index contributed by atoms with van der Waals surface area (Å²) in [6.07, 6.45) is 0. The van der Waals surface area contributed by atoms with E-state index in [1.807, 2.05) is 12.1 Å². The lowest BCUT2D eigenvalue weighted by Crippen LogP contribution is -2.17. The highest BCUT2D eigenvalue weighted by Crippen LogP contribution is 2.25. The van der Waals surface area contributed by atoms with E-state index in [9.17, 15) is 4.79 Å². The predicted octanol–water partition coefficient (Wildman–Crippen LogP) is 2.99. The Labute approximate surface area is 119 Å². The van der Waals surface area contributed by atoms with Gasteiger partial charge >= 0.3 is 0 Å². The van der Waals surface area contributed by atoms with Crippen molar-refractivity contribution in [1.82, 2.24) is 5.32 Å². The van der Waals surface area contributed by atoms with E-state index in [1.54, 1.807) is 19.2 Å². The number of carbonyl (C=O) groups excluding carboxylic acids is 1. The number of anilines is 3. The maximum Gasteiger partial charge on any atom is 0.251 e. The van der Waals surface area contributed by atoms with Gasteiger partial charge in [0.2, 0.25) is 0 Å². The summed E-state index contributed by atoms with van der Waals surface area (Å²) in [5.41, 5.74) is 11.3. The molecular formula is C16H19N3O. The molecule has 0 fully saturated rings. The Bertz CT molecular complexity index is 650. The van der Waals surface area contributed by atoms with Crippen molar-refractivity contribution in [2.75, 3.05) is 18.1 Å². The normalized spacial score (nSPS) is 10.2. The molecule has 1 amide bonds. The highest BCUT2D eigenvalue weighted by Gasteiger charge is 2.07. The van der Waals surface area contributed by atoms with Gasteiger partial charge in [0, 0.05) is 18.3 Å². The smallest absolute Gasteiger partial charge is 0.251 e. The van der Waals surface area contributed by atoms with Crippen LogP contribution < -0.4 is 16.4 Å². The van der Waals surface area contributed by atoms with Crippen molar-refractivity contribution in [1.29, 1.82) is 0 Å². The molecule has 0 radical (unpaired) electrons. The SMILES string of the molecule is CNC(=O)c1ccc(Nc2ccc(C)c(C)c2)c(N)c1. The Morgan fingerprint density at radius 2 is 1.80 bits per heavy atom. The molecule has 0 aromatic heterocycles. The minimum absolute atomic E-state index is 0.144.